The third kappa shape index (κ3) is 2.71. The Morgan fingerprint density at radius 1 is 1.20 bits per heavy atom. The van der Waals surface area contributed by atoms with E-state index in [1.54, 1.807) is 17.5 Å². The van der Waals surface area contributed by atoms with E-state index in [2.05, 4.69) is 31.4 Å². The molecule has 0 radical (unpaired) electrons. The van der Waals surface area contributed by atoms with Gasteiger partial charge in [-0.05, 0) is 54.9 Å². The van der Waals surface area contributed by atoms with Crippen LogP contribution in [0, 0.1) is 0 Å². The van der Waals surface area contributed by atoms with Gasteiger partial charge in [0, 0.05) is 28.4 Å². The van der Waals surface area contributed by atoms with E-state index in [4.69, 9.17) is 5.73 Å². The molecule has 148 valence electrons. The van der Waals surface area contributed by atoms with E-state index < -0.39 is 5.41 Å². The van der Waals surface area contributed by atoms with Crippen LogP contribution in [0.5, 0.6) is 0 Å². The van der Waals surface area contributed by atoms with Crippen molar-refractivity contribution in [2.24, 2.45) is 5.73 Å². The van der Waals surface area contributed by atoms with Gasteiger partial charge in [-0.2, -0.15) is 5.10 Å². The molecule has 1 amide bonds. The van der Waals surface area contributed by atoms with Crippen LogP contribution in [-0.2, 0) is 10.2 Å². The molecule has 30 heavy (non-hydrogen) atoms. The molecule has 10 heteroatoms. The summed E-state index contributed by atoms with van der Waals surface area (Å²) in [7, 11) is 0. The number of carbonyl (C=O) groups excluding carboxylic acids is 1. The van der Waals surface area contributed by atoms with Gasteiger partial charge in [0.2, 0.25) is 5.91 Å². The monoisotopic (exact) mass is 433 g/mol. The number of benzene rings is 1. The molecule has 5 aromatic rings. The Hall–Kier alpha value is -3.24. The van der Waals surface area contributed by atoms with Gasteiger partial charge < -0.3 is 5.73 Å². The van der Waals surface area contributed by atoms with E-state index in [0.717, 1.165) is 54.9 Å². The maximum atomic E-state index is 11.8. The smallest absolute Gasteiger partial charge is 0.230 e. The first-order valence-corrected chi connectivity index (χ1v) is 11.0. The molecule has 0 unspecified atom stereocenters. The number of aromatic nitrogens is 6. The summed E-state index contributed by atoms with van der Waals surface area (Å²) in [5.74, 6) is -0.278. The highest BCUT2D eigenvalue weighted by Gasteiger charge is 2.52. The second kappa shape index (κ2) is 6.38. The lowest BCUT2D eigenvalue weighted by molar-refractivity contribution is -0.120. The summed E-state index contributed by atoms with van der Waals surface area (Å²) in [4.78, 5) is 17.5. The van der Waals surface area contributed by atoms with E-state index in [0.29, 0.717) is 0 Å². The highest BCUT2D eigenvalue weighted by atomic mass is 32.2. The van der Waals surface area contributed by atoms with Crippen molar-refractivity contribution in [1.29, 1.82) is 0 Å². The van der Waals surface area contributed by atoms with Crippen LogP contribution in [0.2, 0.25) is 0 Å². The van der Waals surface area contributed by atoms with Crippen molar-refractivity contribution < 1.29 is 4.79 Å². The largest absolute Gasteiger partial charge is 0.369 e. The molecular formula is C20H15N7OS2. The zero-order valence-corrected chi connectivity index (χ0v) is 17.2. The summed E-state index contributed by atoms with van der Waals surface area (Å²) in [5.41, 5.74) is 8.76. The number of primary amides is 1. The average Bonchev–Trinajstić information content (AvgIpc) is 3.10. The predicted octanol–water partition coefficient (Wildman–Crippen LogP) is 3.40. The average molecular weight is 434 g/mol. The lowest BCUT2D eigenvalue weighted by atomic mass is 10.1. The number of amides is 1. The highest BCUT2D eigenvalue weighted by Crippen LogP contribution is 2.50. The zero-order chi connectivity index (χ0) is 20.3. The van der Waals surface area contributed by atoms with Gasteiger partial charge in [-0.1, -0.05) is 0 Å². The molecule has 0 spiro atoms. The van der Waals surface area contributed by atoms with E-state index in [1.807, 2.05) is 41.1 Å². The van der Waals surface area contributed by atoms with E-state index in [9.17, 15) is 4.79 Å². The lowest BCUT2D eigenvalue weighted by Gasteiger charge is -2.04. The molecule has 6 rings (SSSR count). The highest BCUT2D eigenvalue weighted by molar-refractivity contribution is 7.99. The molecule has 1 fully saturated rings. The molecule has 1 saturated carbocycles. The first kappa shape index (κ1) is 17.6. The lowest BCUT2D eigenvalue weighted by Crippen LogP contribution is -2.28. The number of aromatic amines is 1. The molecule has 0 bridgehead atoms. The van der Waals surface area contributed by atoms with Crippen molar-refractivity contribution in [3.63, 3.8) is 0 Å². The Morgan fingerprint density at radius 3 is 2.87 bits per heavy atom. The van der Waals surface area contributed by atoms with Crippen molar-refractivity contribution in [3.05, 3.63) is 53.9 Å². The van der Waals surface area contributed by atoms with Crippen molar-refractivity contribution in [2.45, 2.75) is 28.3 Å². The minimum atomic E-state index is -0.552. The Labute approximate surface area is 178 Å². The molecule has 1 aliphatic carbocycles. The van der Waals surface area contributed by atoms with Gasteiger partial charge in [-0.3, -0.25) is 14.3 Å². The summed E-state index contributed by atoms with van der Waals surface area (Å²) < 4.78 is 3.01. The van der Waals surface area contributed by atoms with Gasteiger partial charge in [0.1, 0.15) is 10.4 Å². The quantitative estimate of drug-likeness (QED) is 0.439. The van der Waals surface area contributed by atoms with Gasteiger partial charge in [0.05, 0.1) is 16.4 Å². The number of H-pyrrole nitrogens is 1. The molecule has 0 saturated heterocycles. The van der Waals surface area contributed by atoms with Gasteiger partial charge in [0.15, 0.2) is 10.8 Å². The maximum Gasteiger partial charge on any atom is 0.230 e. The first-order chi connectivity index (χ1) is 14.6. The third-order valence-corrected chi connectivity index (χ3v) is 7.58. The molecule has 1 aromatic carbocycles. The van der Waals surface area contributed by atoms with Crippen molar-refractivity contribution in [3.8, 4) is 11.1 Å². The number of rotatable bonds is 5. The van der Waals surface area contributed by atoms with Gasteiger partial charge in [-0.15, -0.1) is 21.5 Å². The minimum absolute atomic E-state index is 0.278. The van der Waals surface area contributed by atoms with Crippen LogP contribution in [0.1, 0.15) is 17.8 Å². The fourth-order valence-electron chi connectivity index (χ4n) is 3.49. The Bertz CT molecular complexity index is 1420. The first-order valence-electron chi connectivity index (χ1n) is 9.35. The molecule has 3 N–H and O–H groups in total. The fraction of sp³-hybridized carbons (Fsp3) is 0.150. The van der Waals surface area contributed by atoms with Crippen LogP contribution in [0.3, 0.4) is 0 Å². The second-order valence-corrected chi connectivity index (χ2v) is 9.38. The van der Waals surface area contributed by atoms with Crippen LogP contribution in [0.15, 0.2) is 59.0 Å². The van der Waals surface area contributed by atoms with E-state index in [1.165, 1.54) is 11.8 Å². The standard InChI is InChI=1S/C20H15N7OS2/c21-17(28)20(5-6-20)18-24-14-3-2-13(7-15(14)30-18)29-19-26-25-16-4-1-11(10-27(16)19)12-8-22-23-9-12/h1-4,7-10H,5-6H2,(H2,21,28)(H,22,23). The number of fused-ring (bicyclic) bond motifs is 2. The SMILES string of the molecule is NC(=O)C1(c2nc3ccc(Sc4nnc5ccc(-c6cn[nH]c6)cn45)cc3s2)CC1. The number of thiazole rings is 1. The number of pyridine rings is 1. The van der Waals surface area contributed by atoms with Crippen molar-refractivity contribution in [1.82, 2.24) is 29.8 Å². The van der Waals surface area contributed by atoms with Crippen LogP contribution in [-0.4, -0.2) is 35.7 Å². The summed E-state index contributed by atoms with van der Waals surface area (Å²) in [6.07, 6.45) is 7.22. The number of hydrogen-bond donors (Lipinski definition) is 2. The molecule has 4 aromatic heterocycles. The van der Waals surface area contributed by atoms with Crippen LogP contribution in [0.4, 0.5) is 0 Å². The summed E-state index contributed by atoms with van der Waals surface area (Å²) in [6, 6.07) is 10.0. The van der Waals surface area contributed by atoms with Gasteiger partial charge in [0.25, 0.3) is 0 Å². The summed E-state index contributed by atoms with van der Waals surface area (Å²) >= 11 is 3.08. The molecule has 4 heterocycles. The fourth-order valence-corrected chi connectivity index (χ4v) is 5.67. The van der Waals surface area contributed by atoms with Crippen LogP contribution in [0.25, 0.3) is 27.0 Å². The van der Waals surface area contributed by atoms with E-state index in [-0.39, 0.29) is 5.91 Å². The summed E-state index contributed by atoms with van der Waals surface area (Å²) in [5, 5.41) is 17.1. The summed E-state index contributed by atoms with van der Waals surface area (Å²) in [6.45, 7) is 0. The Morgan fingerprint density at radius 2 is 2.10 bits per heavy atom. The van der Waals surface area contributed by atoms with Crippen molar-refractivity contribution >= 4 is 44.9 Å². The Kier molecular flexibility index (Phi) is 3.74. The third-order valence-electron chi connectivity index (χ3n) is 5.40. The minimum Gasteiger partial charge on any atom is -0.369 e. The van der Waals surface area contributed by atoms with E-state index >= 15 is 0 Å². The Balaban J connectivity index is 1.35. The van der Waals surface area contributed by atoms with Gasteiger partial charge >= 0.3 is 0 Å². The number of hydrogen-bond acceptors (Lipinski definition) is 7. The number of nitrogens with one attached hydrogen (secondary N) is 1. The predicted molar refractivity (Wildman–Crippen MR) is 114 cm³/mol. The maximum absolute atomic E-state index is 11.8. The number of nitrogens with zero attached hydrogens (tertiary/aromatic N) is 5. The normalized spacial score (nSPS) is 15.1. The van der Waals surface area contributed by atoms with Crippen LogP contribution < -0.4 is 5.73 Å². The second-order valence-electron chi connectivity index (χ2n) is 7.31. The molecular weight excluding hydrogens is 418 g/mol. The zero-order valence-electron chi connectivity index (χ0n) is 15.6. The van der Waals surface area contributed by atoms with Crippen molar-refractivity contribution in [2.75, 3.05) is 0 Å². The molecule has 0 aliphatic heterocycles. The number of carbonyl (C=O) groups is 1. The molecule has 0 atom stereocenters. The molecule has 8 nitrogen and oxygen atoms in total. The van der Waals surface area contributed by atoms with Gasteiger partial charge in [-0.25, -0.2) is 4.98 Å². The molecule has 1 aliphatic rings. The number of nitrogens with two attached hydrogens (primary N) is 1. The topological polar surface area (TPSA) is 115 Å². The van der Waals surface area contributed by atoms with Crippen LogP contribution >= 0.6 is 23.1 Å².